The van der Waals surface area contributed by atoms with Crippen molar-refractivity contribution in [1.82, 2.24) is 15.6 Å². The first kappa shape index (κ1) is 16.9. The largest absolute Gasteiger partial charge is 0.417 e. The van der Waals surface area contributed by atoms with Crippen LogP contribution in [-0.2, 0) is 16.9 Å². The van der Waals surface area contributed by atoms with Crippen LogP contribution in [0.15, 0.2) is 12.3 Å². The molecule has 1 atom stereocenters. The molecular formula is C12H11ClF5N3O. The third-order valence-electron chi connectivity index (χ3n) is 3.15. The molecule has 0 aliphatic carbocycles. The average molecular weight is 344 g/mol. The lowest BCUT2D eigenvalue weighted by molar-refractivity contribution is -0.148. The van der Waals surface area contributed by atoms with Gasteiger partial charge in [-0.3, -0.25) is 9.78 Å². The zero-order chi connectivity index (χ0) is 16.5. The van der Waals surface area contributed by atoms with E-state index in [4.69, 9.17) is 11.6 Å². The van der Waals surface area contributed by atoms with Crippen LogP contribution < -0.4 is 10.6 Å². The van der Waals surface area contributed by atoms with Crippen LogP contribution in [0.4, 0.5) is 22.0 Å². The number of nitrogens with one attached hydrogen (secondary N) is 2. The van der Waals surface area contributed by atoms with E-state index in [0.717, 1.165) is 0 Å². The van der Waals surface area contributed by atoms with Crippen molar-refractivity contribution in [2.75, 3.05) is 13.1 Å². The summed E-state index contributed by atoms with van der Waals surface area (Å²) in [4.78, 5) is 14.7. The maximum Gasteiger partial charge on any atom is 0.417 e. The van der Waals surface area contributed by atoms with Crippen molar-refractivity contribution < 1.29 is 26.7 Å². The Kier molecular flexibility index (Phi) is 4.57. The van der Waals surface area contributed by atoms with E-state index in [-0.39, 0.29) is 6.20 Å². The minimum Gasteiger partial charge on any atom is -0.346 e. The number of hydrogen-bond donors (Lipinski definition) is 2. The Bertz CT molecular complexity index is 572. The van der Waals surface area contributed by atoms with Crippen molar-refractivity contribution in [3.63, 3.8) is 0 Å². The number of aromatic nitrogens is 1. The van der Waals surface area contributed by atoms with Crippen molar-refractivity contribution in [1.29, 1.82) is 0 Å². The molecule has 0 aromatic carbocycles. The highest BCUT2D eigenvalue weighted by Crippen LogP contribution is 2.36. The van der Waals surface area contributed by atoms with Crippen molar-refractivity contribution >= 4 is 17.5 Å². The molecule has 1 aliphatic heterocycles. The van der Waals surface area contributed by atoms with E-state index >= 15 is 0 Å². The second kappa shape index (κ2) is 5.96. The molecule has 1 aromatic heterocycles. The molecule has 1 aromatic rings. The van der Waals surface area contributed by atoms with E-state index in [2.05, 4.69) is 15.6 Å². The number of carbonyl (C=O) groups is 1. The van der Waals surface area contributed by atoms with Gasteiger partial charge < -0.3 is 10.6 Å². The molecular weight excluding hydrogens is 333 g/mol. The Morgan fingerprint density at radius 2 is 2.05 bits per heavy atom. The predicted molar refractivity (Wildman–Crippen MR) is 67.6 cm³/mol. The van der Waals surface area contributed by atoms with Gasteiger partial charge in [0, 0.05) is 18.8 Å². The molecule has 0 spiro atoms. The van der Waals surface area contributed by atoms with Crippen LogP contribution in [0.3, 0.4) is 0 Å². The second-order valence-electron chi connectivity index (χ2n) is 4.79. The normalized spacial score (nSPS) is 19.3. The summed E-state index contributed by atoms with van der Waals surface area (Å²) < 4.78 is 65.4. The molecule has 0 saturated carbocycles. The smallest absolute Gasteiger partial charge is 0.346 e. The molecule has 10 heteroatoms. The topological polar surface area (TPSA) is 54.0 Å². The zero-order valence-electron chi connectivity index (χ0n) is 11.0. The van der Waals surface area contributed by atoms with E-state index in [1.165, 1.54) is 0 Å². The van der Waals surface area contributed by atoms with Crippen LogP contribution in [0.25, 0.3) is 0 Å². The number of hydrogen-bond acceptors (Lipinski definition) is 3. The van der Waals surface area contributed by atoms with E-state index in [1.807, 2.05) is 0 Å². The first-order chi connectivity index (χ1) is 10.1. The highest BCUT2D eigenvalue weighted by Gasteiger charge is 2.46. The van der Waals surface area contributed by atoms with Crippen molar-refractivity contribution in [3.8, 4) is 0 Å². The standard InChI is InChI=1S/C12H11ClF5N3O/c13-8-3-6(12(16,17)18)4-20-9(8)11(14,15)10(22)21-7-1-2-19-5-7/h3-4,7,19H,1-2,5H2,(H,21,22)/t7-/m0/s1. The molecule has 1 fully saturated rings. The van der Waals surface area contributed by atoms with Gasteiger partial charge in [-0.2, -0.15) is 22.0 Å². The second-order valence-corrected chi connectivity index (χ2v) is 5.20. The minimum atomic E-state index is -4.76. The molecule has 1 aliphatic rings. The first-order valence-electron chi connectivity index (χ1n) is 6.25. The van der Waals surface area contributed by atoms with Crippen molar-refractivity contribution in [2.45, 2.75) is 24.6 Å². The highest BCUT2D eigenvalue weighted by atomic mass is 35.5. The van der Waals surface area contributed by atoms with Gasteiger partial charge in [0.05, 0.1) is 10.6 Å². The maximum atomic E-state index is 14.0. The zero-order valence-corrected chi connectivity index (χ0v) is 11.7. The van der Waals surface area contributed by atoms with Gasteiger partial charge in [0.2, 0.25) is 0 Å². The van der Waals surface area contributed by atoms with E-state index in [9.17, 15) is 26.7 Å². The van der Waals surface area contributed by atoms with Gasteiger partial charge in [0.15, 0.2) is 0 Å². The summed E-state index contributed by atoms with van der Waals surface area (Å²) in [5, 5.41) is 4.08. The van der Waals surface area contributed by atoms with Crippen LogP contribution in [-0.4, -0.2) is 30.0 Å². The highest BCUT2D eigenvalue weighted by molar-refractivity contribution is 6.31. The SMILES string of the molecule is O=C(N[C@H]1CCNC1)C(F)(F)c1ncc(C(F)(F)F)cc1Cl. The molecule has 0 unspecified atom stereocenters. The van der Waals surface area contributed by atoms with Crippen LogP contribution in [0.2, 0.25) is 5.02 Å². The lowest BCUT2D eigenvalue weighted by atomic mass is 10.1. The van der Waals surface area contributed by atoms with E-state index < -0.39 is 40.3 Å². The Morgan fingerprint density at radius 1 is 1.36 bits per heavy atom. The number of nitrogens with zero attached hydrogens (tertiary/aromatic N) is 1. The van der Waals surface area contributed by atoms with E-state index in [1.54, 1.807) is 0 Å². The van der Waals surface area contributed by atoms with Gasteiger partial charge in [0.25, 0.3) is 5.91 Å². The molecule has 1 saturated heterocycles. The third-order valence-corrected chi connectivity index (χ3v) is 3.43. The third kappa shape index (κ3) is 3.46. The van der Waals surface area contributed by atoms with Gasteiger partial charge in [0.1, 0.15) is 5.69 Å². The fraction of sp³-hybridized carbons (Fsp3) is 0.500. The van der Waals surface area contributed by atoms with Crippen LogP contribution in [0.1, 0.15) is 17.7 Å². The fourth-order valence-electron chi connectivity index (χ4n) is 1.99. The monoisotopic (exact) mass is 343 g/mol. The Balaban J connectivity index is 2.22. The molecule has 1 amide bonds. The molecule has 2 heterocycles. The summed E-state index contributed by atoms with van der Waals surface area (Å²) in [6.45, 7) is 0.922. The first-order valence-corrected chi connectivity index (χ1v) is 6.63. The van der Waals surface area contributed by atoms with Gasteiger partial charge in [-0.25, -0.2) is 0 Å². The van der Waals surface area contributed by atoms with Gasteiger partial charge >= 0.3 is 12.1 Å². The molecule has 0 radical (unpaired) electrons. The molecule has 2 rings (SSSR count). The lowest BCUT2D eigenvalue weighted by Gasteiger charge is -2.20. The number of carbonyl (C=O) groups excluding carboxylic acids is 1. The van der Waals surface area contributed by atoms with Gasteiger partial charge in [-0.05, 0) is 19.0 Å². The van der Waals surface area contributed by atoms with Crippen LogP contribution >= 0.6 is 11.6 Å². The number of rotatable bonds is 3. The van der Waals surface area contributed by atoms with Gasteiger partial charge in [-0.15, -0.1) is 0 Å². The molecule has 4 nitrogen and oxygen atoms in total. The number of alkyl halides is 5. The number of amides is 1. The summed E-state index contributed by atoms with van der Waals surface area (Å²) >= 11 is 5.45. The van der Waals surface area contributed by atoms with Gasteiger partial charge in [-0.1, -0.05) is 11.6 Å². The molecule has 122 valence electrons. The fourth-order valence-corrected chi connectivity index (χ4v) is 2.27. The van der Waals surface area contributed by atoms with Crippen LogP contribution in [0, 0.1) is 0 Å². The number of halogens is 6. The predicted octanol–water partition coefficient (Wildman–Crippen LogP) is 2.32. The Morgan fingerprint density at radius 3 is 2.55 bits per heavy atom. The summed E-state index contributed by atoms with van der Waals surface area (Å²) in [6, 6.07) is -0.144. The summed E-state index contributed by atoms with van der Waals surface area (Å²) in [7, 11) is 0. The Hall–Kier alpha value is -1.48. The summed E-state index contributed by atoms with van der Waals surface area (Å²) in [5.41, 5.74) is -2.47. The Labute approximate surface area is 127 Å². The summed E-state index contributed by atoms with van der Waals surface area (Å²) in [5.74, 6) is -5.76. The van der Waals surface area contributed by atoms with Crippen molar-refractivity contribution in [3.05, 3.63) is 28.5 Å². The maximum absolute atomic E-state index is 14.0. The van der Waals surface area contributed by atoms with Crippen LogP contribution in [0.5, 0.6) is 0 Å². The average Bonchev–Trinajstić information content (AvgIpc) is 2.90. The molecule has 2 N–H and O–H groups in total. The van der Waals surface area contributed by atoms with Crippen molar-refractivity contribution in [2.24, 2.45) is 0 Å². The lowest BCUT2D eigenvalue weighted by Crippen LogP contribution is -2.45. The number of pyridine rings is 1. The molecule has 0 bridgehead atoms. The summed E-state index contributed by atoms with van der Waals surface area (Å²) in [6.07, 6.45) is -4.06. The molecule has 22 heavy (non-hydrogen) atoms. The quantitative estimate of drug-likeness (QED) is 0.828. The van der Waals surface area contributed by atoms with E-state index in [0.29, 0.717) is 25.6 Å². The minimum absolute atomic E-state index is 0.222.